The van der Waals surface area contributed by atoms with Crippen molar-refractivity contribution in [2.24, 2.45) is 0 Å². The molecule has 2 heterocycles. The molecule has 0 atom stereocenters. The molecule has 1 amide bonds. The van der Waals surface area contributed by atoms with Crippen molar-refractivity contribution in [1.29, 1.82) is 0 Å². The standard InChI is InChI=1S/C18H14F4N4O3S/c19-11-3-1-4-12(9-11)26-16(13-5-2-8-30-13)23-15(24-26)17(29)25(10-14(27)28)7-6-18(20,21)22/h1-5,8-9H,6-7,10H2,(H,27,28). The zero-order valence-corrected chi connectivity index (χ0v) is 16.0. The molecule has 0 fully saturated rings. The third-order valence-corrected chi connectivity index (χ3v) is 4.74. The first kappa shape index (κ1) is 21.4. The van der Waals surface area contributed by atoms with Crippen LogP contribution in [0, 0.1) is 5.82 Å². The lowest BCUT2D eigenvalue weighted by atomic mass is 10.3. The number of rotatable bonds is 7. The van der Waals surface area contributed by atoms with Crippen molar-refractivity contribution >= 4 is 23.2 Å². The average molecular weight is 442 g/mol. The van der Waals surface area contributed by atoms with Crippen molar-refractivity contribution in [3.8, 4) is 16.4 Å². The summed E-state index contributed by atoms with van der Waals surface area (Å²) in [5.41, 5.74) is 0.241. The van der Waals surface area contributed by atoms with Crippen molar-refractivity contribution in [3.05, 3.63) is 53.4 Å². The lowest BCUT2D eigenvalue weighted by Crippen LogP contribution is -2.38. The van der Waals surface area contributed by atoms with Gasteiger partial charge in [0.1, 0.15) is 12.4 Å². The van der Waals surface area contributed by atoms with Crippen molar-refractivity contribution in [2.75, 3.05) is 13.1 Å². The van der Waals surface area contributed by atoms with Crippen molar-refractivity contribution < 1.29 is 32.3 Å². The minimum Gasteiger partial charge on any atom is -0.480 e. The number of thiophene rings is 1. The predicted octanol–water partition coefficient (Wildman–Crippen LogP) is 3.61. The summed E-state index contributed by atoms with van der Waals surface area (Å²) >= 11 is 1.26. The van der Waals surface area contributed by atoms with Crippen LogP contribution in [0.3, 0.4) is 0 Å². The molecular formula is C18H14F4N4O3S. The van der Waals surface area contributed by atoms with Gasteiger partial charge in [-0.1, -0.05) is 12.1 Å². The van der Waals surface area contributed by atoms with Gasteiger partial charge in [-0.15, -0.1) is 16.4 Å². The first-order chi connectivity index (χ1) is 14.1. The number of aromatic nitrogens is 3. The van der Waals surface area contributed by atoms with Crippen LogP contribution in [0.4, 0.5) is 17.6 Å². The Bertz CT molecular complexity index is 1050. The van der Waals surface area contributed by atoms with Gasteiger partial charge in [0.25, 0.3) is 5.91 Å². The summed E-state index contributed by atoms with van der Waals surface area (Å²) in [6, 6.07) is 8.69. The number of amides is 1. The van der Waals surface area contributed by atoms with E-state index in [2.05, 4.69) is 10.1 Å². The van der Waals surface area contributed by atoms with Crippen LogP contribution in [0.1, 0.15) is 17.0 Å². The normalized spacial score (nSPS) is 11.5. The van der Waals surface area contributed by atoms with Crippen molar-refractivity contribution in [2.45, 2.75) is 12.6 Å². The maximum Gasteiger partial charge on any atom is 0.390 e. The minimum atomic E-state index is -4.58. The van der Waals surface area contributed by atoms with Gasteiger partial charge in [-0.05, 0) is 29.6 Å². The molecule has 30 heavy (non-hydrogen) atoms. The van der Waals surface area contributed by atoms with E-state index in [4.69, 9.17) is 5.11 Å². The number of hydrogen-bond donors (Lipinski definition) is 1. The predicted molar refractivity (Wildman–Crippen MR) is 98.8 cm³/mol. The van der Waals surface area contributed by atoms with Crippen LogP contribution in [-0.2, 0) is 4.79 Å². The summed E-state index contributed by atoms with van der Waals surface area (Å²) in [5.74, 6) is -3.44. The van der Waals surface area contributed by atoms with Gasteiger partial charge >= 0.3 is 12.1 Å². The zero-order valence-electron chi connectivity index (χ0n) is 15.1. The Balaban J connectivity index is 2.00. The second-order valence-electron chi connectivity index (χ2n) is 6.11. The molecule has 0 aliphatic carbocycles. The molecule has 3 aromatic rings. The Morgan fingerprint density at radius 1 is 1.20 bits per heavy atom. The molecule has 0 unspecified atom stereocenters. The second-order valence-corrected chi connectivity index (χ2v) is 7.06. The third kappa shape index (κ3) is 5.20. The van der Waals surface area contributed by atoms with E-state index in [1.807, 2.05) is 0 Å². The Morgan fingerprint density at radius 3 is 2.57 bits per heavy atom. The largest absolute Gasteiger partial charge is 0.480 e. The molecule has 7 nitrogen and oxygen atoms in total. The number of benzene rings is 1. The highest BCUT2D eigenvalue weighted by Gasteiger charge is 2.31. The highest BCUT2D eigenvalue weighted by molar-refractivity contribution is 7.13. The summed E-state index contributed by atoms with van der Waals surface area (Å²) < 4.78 is 52.6. The molecular weight excluding hydrogens is 428 g/mol. The van der Waals surface area contributed by atoms with E-state index in [0.29, 0.717) is 9.78 Å². The van der Waals surface area contributed by atoms with Gasteiger partial charge in [0.2, 0.25) is 5.82 Å². The molecule has 0 saturated carbocycles. The first-order valence-electron chi connectivity index (χ1n) is 8.49. The third-order valence-electron chi connectivity index (χ3n) is 3.87. The monoisotopic (exact) mass is 442 g/mol. The van der Waals surface area contributed by atoms with Gasteiger partial charge in [0.15, 0.2) is 5.82 Å². The molecule has 1 N–H and O–H groups in total. The Kier molecular flexibility index (Phi) is 6.15. The highest BCUT2D eigenvalue weighted by atomic mass is 32.1. The van der Waals surface area contributed by atoms with Gasteiger partial charge in [-0.2, -0.15) is 13.2 Å². The Morgan fingerprint density at radius 2 is 1.97 bits per heavy atom. The first-order valence-corrected chi connectivity index (χ1v) is 9.37. The fraction of sp³-hybridized carbons (Fsp3) is 0.222. The van der Waals surface area contributed by atoms with Crippen LogP contribution in [0.2, 0.25) is 0 Å². The maximum atomic E-state index is 13.7. The molecule has 1 aromatic carbocycles. The van der Waals surface area contributed by atoms with E-state index >= 15 is 0 Å². The average Bonchev–Trinajstić information content (AvgIpc) is 3.33. The second kappa shape index (κ2) is 8.61. The minimum absolute atomic E-state index is 0.171. The molecule has 3 rings (SSSR count). The number of hydrogen-bond acceptors (Lipinski definition) is 5. The van der Waals surface area contributed by atoms with E-state index in [-0.39, 0.29) is 11.5 Å². The van der Waals surface area contributed by atoms with Gasteiger partial charge in [0, 0.05) is 6.54 Å². The van der Waals surface area contributed by atoms with Crippen LogP contribution in [0.15, 0.2) is 41.8 Å². The van der Waals surface area contributed by atoms with Crippen LogP contribution < -0.4 is 0 Å². The number of nitrogens with zero attached hydrogens (tertiary/aromatic N) is 4. The Hall–Kier alpha value is -3.28. The fourth-order valence-corrected chi connectivity index (χ4v) is 3.27. The van der Waals surface area contributed by atoms with E-state index in [0.717, 1.165) is 6.07 Å². The molecule has 0 aliphatic heterocycles. The van der Waals surface area contributed by atoms with E-state index in [9.17, 15) is 27.2 Å². The number of carbonyl (C=O) groups is 2. The summed E-state index contributed by atoms with van der Waals surface area (Å²) in [6.07, 6.45) is -5.96. The van der Waals surface area contributed by atoms with E-state index in [1.54, 1.807) is 17.5 Å². The summed E-state index contributed by atoms with van der Waals surface area (Å²) in [4.78, 5) is 28.9. The quantitative estimate of drug-likeness (QED) is 0.565. The fourth-order valence-electron chi connectivity index (χ4n) is 2.57. The van der Waals surface area contributed by atoms with Gasteiger partial charge < -0.3 is 10.0 Å². The molecule has 0 bridgehead atoms. The van der Waals surface area contributed by atoms with E-state index < -0.39 is 49.2 Å². The molecule has 12 heteroatoms. The molecule has 0 aliphatic rings. The number of halogens is 4. The zero-order chi connectivity index (χ0) is 21.9. The maximum absolute atomic E-state index is 13.7. The number of alkyl halides is 3. The van der Waals surface area contributed by atoms with Crippen molar-refractivity contribution in [3.63, 3.8) is 0 Å². The lowest BCUT2D eigenvalue weighted by molar-refractivity contribution is -0.143. The number of aliphatic carboxylic acids is 1. The van der Waals surface area contributed by atoms with Crippen LogP contribution in [0.25, 0.3) is 16.4 Å². The number of carboxylic acids is 1. The van der Waals surface area contributed by atoms with Crippen LogP contribution in [0.5, 0.6) is 0 Å². The smallest absolute Gasteiger partial charge is 0.390 e. The SMILES string of the molecule is O=C(O)CN(CCC(F)(F)F)C(=O)c1nc(-c2cccs2)n(-c2cccc(F)c2)n1. The molecule has 158 valence electrons. The highest BCUT2D eigenvalue weighted by Crippen LogP contribution is 2.26. The molecule has 0 radical (unpaired) electrons. The summed E-state index contributed by atoms with van der Waals surface area (Å²) in [5, 5.41) is 14.7. The molecule has 0 saturated heterocycles. The van der Waals surface area contributed by atoms with Crippen molar-refractivity contribution in [1.82, 2.24) is 19.7 Å². The molecule has 0 spiro atoms. The lowest BCUT2D eigenvalue weighted by Gasteiger charge is -2.19. The van der Waals surface area contributed by atoms with Gasteiger partial charge in [0.05, 0.1) is 17.0 Å². The Labute approximate surface area is 171 Å². The summed E-state index contributed by atoms with van der Waals surface area (Å²) in [6.45, 7) is -1.81. The molecule has 2 aromatic heterocycles. The van der Waals surface area contributed by atoms with Crippen LogP contribution >= 0.6 is 11.3 Å². The summed E-state index contributed by atoms with van der Waals surface area (Å²) in [7, 11) is 0. The number of carboxylic acid groups (broad SMARTS) is 1. The van der Waals surface area contributed by atoms with Crippen LogP contribution in [-0.4, -0.2) is 55.9 Å². The van der Waals surface area contributed by atoms with Gasteiger partial charge in [-0.3, -0.25) is 9.59 Å². The topological polar surface area (TPSA) is 88.3 Å². The van der Waals surface area contributed by atoms with E-state index in [1.165, 1.54) is 34.2 Å². The number of carbonyl (C=O) groups excluding carboxylic acids is 1. The van der Waals surface area contributed by atoms with Gasteiger partial charge in [-0.25, -0.2) is 14.1 Å².